The van der Waals surface area contributed by atoms with Crippen molar-refractivity contribution < 1.29 is 9.47 Å². The van der Waals surface area contributed by atoms with Crippen LogP contribution in [0.3, 0.4) is 0 Å². The number of benzene rings is 2. The van der Waals surface area contributed by atoms with Crippen LogP contribution in [-0.4, -0.2) is 7.11 Å². The Balaban J connectivity index is 2.13. The summed E-state index contributed by atoms with van der Waals surface area (Å²) in [6.45, 7) is 2.52. The van der Waals surface area contributed by atoms with E-state index in [1.54, 1.807) is 25.3 Å². The molecule has 19 heavy (non-hydrogen) atoms. The van der Waals surface area contributed by atoms with Gasteiger partial charge in [0.25, 0.3) is 0 Å². The second kappa shape index (κ2) is 5.92. The lowest BCUT2D eigenvalue weighted by atomic mass is 10.1. The highest BCUT2D eigenvalue weighted by Crippen LogP contribution is 2.28. The SMILES string of the molecule is COc1cc(C#N)ccc1OCc1cccc(C)c1. The van der Waals surface area contributed by atoms with E-state index >= 15 is 0 Å². The Labute approximate surface area is 113 Å². The second-order valence-electron chi connectivity index (χ2n) is 4.26. The Kier molecular flexibility index (Phi) is 4.04. The van der Waals surface area contributed by atoms with Crippen LogP contribution in [0.15, 0.2) is 42.5 Å². The van der Waals surface area contributed by atoms with Crippen molar-refractivity contribution in [2.75, 3.05) is 7.11 Å². The zero-order valence-electron chi connectivity index (χ0n) is 11.0. The van der Waals surface area contributed by atoms with Crippen molar-refractivity contribution in [3.8, 4) is 17.6 Å². The van der Waals surface area contributed by atoms with Crippen molar-refractivity contribution >= 4 is 0 Å². The molecular formula is C16H15NO2. The zero-order chi connectivity index (χ0) is 13.7. The summed E-state index contributed by atoms with van der Waals surface area (Å²) < 4.78 is 11.0. The van der Waals surface area contributed by atoms with Crippen molar-refractivity contribution in [3.05, 3.63) is 59.2 Å². The van der Waals surface area contributed by atoms with Crippen molar-refractivity contribution in [1.82, 2.24) is 0 Å². The first-order valence-corrected chi connectivity index (χ1v) is 5.99. The van der Waals surface area contributed by atoms with Gasteiger partial charge in [-0.3, -0.25) is 0 Å². The molecular weight excluding hydrogens is 238 g/mol. The third-order valence-electron chi connectivity index (χ3n) is 2.77. The monoisotopic (exact) mass is 253 g/mol. The molecule has 0 radical (unpaired) electrons. The number of hydrogen-bond donors (Lipinski definition) is 0. The maximum absolute atomic E-state index is 8.84. The zero-order valence-corrected chi connectivity index (χ0v) is 11.0. The molecule has 2 rings (SSSR count). The summed E-state index contributed by atoms with van der Waals surface area (Å²) in [6, 6.07) is 15.4. The number of nitrogens with zero attached hydrogens (tertiary/aromatic N) is 1. The Hall–Kier alpha value is -2.47. The van der Waals surface area contributed by atoms with Crippen LogP contribution in [0.2, 0.25) is 0 Å². The van der Waals surface area contributed by atoms with Gasteiger partial charge in [-0.25, -0.2) is 0 Å². The smallest absolute Gasteiger partial charge is 0.162 e. The number of ether oxygens (including phenoxy) is 2. The van der Waals surface area contributed by atoms with Gasteiger partial charge in [-0.15, -0.1) is 0 Å². The molecule has 2 aromatic rings. The summed E-state index contributed by atoms with van der Waals surface area (Å²) in [6.07, 6.45) is 0. The van der Waals surface area contributed by atoms with Crippen LogP contribution in [-0.2, 0) is 6.61 Å². The molecule has 0 aliphatic rings. The highest BCUT2D eigenvalue weighted by molar-refractivity contribution is 5.46. The third-order valence-corrected chi connectivity index (χ3v) is 2.77. The van der Waals surface area contributed by atoms with E-state index in [0.29, 0.717) is 23.7 Å². The van der Waals surface area contributed by atoms with Gasteiger partial charge in [0.2, 0.25) is 0 Å². The Morgan fingerprint density at radius 2 is 1.95 bits per heavy atom. The van der Waals surface area contributed by atoms with Crippen LogP contribution >= 0.6 is 0 Å². The van der Waals surface area contributed by atoms with E-state index in [4.69, 9.17) is 14.7 Å². The van der Waals surface area contributed by atoms with Crippen molar-refractivity contribution in [2.24, 2.45) is 0 Å². The molecule has 3 nitrogen and oxygen atoms in total. The highest BCUT2D eigenvalue weighted by atomic mass is 16.5. The van der Waals surface area contributed by atoms with E-state index in [0.717, 1.165) is 5.56 Å². The summed E-state index contributed by atoms with van der Waals surface area (Å²) in [5.74, 6) is 1.22. The molecule has 0 saturated carbocycles. The lowest BCUT2D eigenvalue weighted by Gasteiger charge is -2.11. The van der Waals surface area contributed by atoms with Gasteiger partial charge in [0, 0.05) is 6.07 Å². The van der Waals surface area contributed by atoms with E-state index in [-0.39, 0.29) is 0 Å². The highest BCUT2D eigenvalue weighted by Gasteiger charge is 2.06. The molecule has 0 aliphatic carbocycles. The molecule has 3 heteroatoms. The number of hydrogen-bond acceptors (Lipinski definition) is 3. The van der Waals surface area contributed by atoms with Crippen molar-refractivity contribution in [2.45, 2.75) is 13.5 Å². The minimum absolute atomic E-state index is 0.476. The van der Waals surface area contributed by atoms with Gasteiger partial charge >= 0.3 is 0 Å². The summed E-state index contributed by atoms with van der Waals surface area (Å²) in [5.41, 5.74) is 2.86. The third kappa shape index (κ3) is 3.26. The minimum Gasteiger partial charge on any atom is -0.493 e. The van der Waals surface area contributed by atoms with Gasteiger partial charge in [-0.05, 0) is 24.6 Å². The molecule has 0 fully saturated rings. The van der Waals surface area contributed by atoms with E-state index in [2.05, 4.69) is 12.1 Å². The average Bonchev–Trinajstić information content (AvgIpc) is 2.45. The number of methoxy groups -OCH3 is 1. The van der Waals surface area contributed by atoms with E-state index in [9.17, 15) is 0 Å². The predicted octanol–water partition coefficient (Wildman–Crippen LogP) is 3.45. The van der Waals surface area contributed by atoms with Gasteiger partial charge in [0.05, 0.1) is 18.7 Å². The fraction of sp³-hybridized carbons (Fsp3) is 0.188. The van der Waals surface area contributed by atoms with E-state index < -0.39 is 0 Å². The largest absolute Gasteiger partial charge is 0.493 e. The van der Waals surface area contributed by atoms with Crippen LogP contribution in [0.5, 0.6) is 11.5 Å². The Bertz CT molecular complexity index is 614. The van der Waals surface area contributed by atoms with Gasteiger partial charge in [0.1, 0.15) is 6.61 Å². The fourth-order valence-corrected chi connectivity index (χ4v) is 1.82. The lowest BCUT2D eigenvalue weighted by Crippen LogP contribution is -1.98. The molecule has 0 bridgehead atoms. The molecule has 0 unspecified atom stereocenters. The molecule has 0 heterocycles. The minimum atomic E-state index is 0.476. The maximum Gasteiger partial charge on any atom is 0.162 e. The molecule has 0 aliphatic heterocycles. The molecule has 2 aromatic carbocycles. The quantitative estimate of drug-likeness (QED) is 0.838. The Morgan fingerprint density at radius 3 is 2.63 bits per heavy atom. The van der Waals surface area contributed by atoms with Gasteiger partial charge < -0.3 is 9.47 Å². The number of aryl methyl sites for hydroxylation is 1. The second-order valence-corrected chi connectivity index (χ2v) is 4.26. The fourth-order valence-electron chi connectivity index (χ4n) is 1.82. The van der Waals surface area contributed by atoms with E-state index in [1.165, 1.54) is 5.56 Å². The van der Waals surface area contributed by atoms with Gasteiger partial charge in [-0.1, -0.05) is 29.8 Å². The van der Waals surface area contributed by atoms with Crippen molar-refractivity contribution in [1.29, 1.82) is 5.26 Å². The molecule has 0 saturated heterocycles. The predicted molar refractivity (Wildman–Crippen MR) is 73.2 cm³/mol. The molecule has 0 spiro atoms. The van der Waals surface area contributed by atoms with Crippen LogP contribution in [0, 0.1) is 18.3 Å². The maximum atomic E-state index is 8.84. The molecule has 0 aromatic heterocycles. The van der Waals surface area contributed by atoms with E-state index in [1.807, 2.05) is 25.1 Å². The van der Waals surface area contributed by atoms with Crippen LogP contribution < -0.4 is 9.47 Å². The summed E-state index contributed by atoms with van der Waals surface area (Å²) in [5, 5.41) is 8.84. The average molecular weight is 253 g/mol. The van der Waals surface area contributed by atoms with Crippen molar-refractivity contribution in [3.63, 3.8) is 0 Å². The first-order chi connectivity index (χ1) is 9.22. The first-order valence-electron chi connectivity index (χ1n) is 5.99. The summed E-state index contributed by atoms with van der Waals surface area (Å²) >= 11 is 0. The number of nitriles is 1. The van der Waals surface area contributed by atoms with Gasteiger partial charge in [-0.2, -0.15) is 5.26 Å². The first kappa shape index (κ1) is 13.0. The van der Waals surface area contributed by atoms with Crippen LogP contribution in [0.4, 0.5) is 0 Å². The number of rotatable bonds is 4. The lowest BCUT2D eigenvalue weighted by molar-refractivity contribution is 0.284. The molecule has 96 valence electrons. The molecule has 0 amide bonds. The normalized spacial score (nSPS) is 9.74. The molecule has 0 atom stereocenters. The standard InChI is InChI=1S/C16H15NO2/c1-12-4-3-5-14(8-12)11-19-15-7-6-13(10-17)9-16(15)18-2/h3-9H,11H2,1-2H3. The summed E-state index contributed by atoms with van der Waals surface area (Å²) in [4.78, 5) is 0. The molecule has 0 N–H and O–H groups in total. The topological polar surface area (TPSA) is 42.2 Å². The summed E-state index contributed by atoms with van der Waals surface area (Å²) in [7, 11) is 1.57. The Morgan fingerprint density at radius 1 is 1.11 bits per heavy atom. The van der Waals surface area contributed by atoms with Gasteiger partial charge in [0.15, 0.2) is 11.5 Å². The van der Waals surface area contributed by atoms with Crippen LogP contribution in [0.25, 0.3) is 0 Å². The van der Waals surface area contributed by atoms with Crippen LogP contribution in [0.1, 0.15) is 16.7 Å².